The molecule has 6 nitrogen and oxygen atoms in total. The maximum atomic E-state index is 14.2. The van der Waals surface area contributed by atoms with Gasteiger partial charge in [-0.1, -0.05) is 91.0 Å². The van der Waals surface area contributed by atoms with Crippen molar-refractivity contribution in [2.24, 2.45) is 0 Å². The molecule has 3 aromatic carbocycles. The quantitative estimate of drug-likeness (QED) is 0.392. The molecule has 1 unspecified atom stereocenters. The standard InChI is InChI=1S/C33H41N3O3/c1-33(2,3)36(32(39)30(37)22-21-26-14-7-4-8-15-26)31(38)29-20-13-23-35(29)34(24-27-16-9-5-10-17-27)25-28-18-11-6-12-19-28/h4-12,14-19,29-30,37H,13,20-25H2,1-3H3/t29-,30?/m0/s1. The van der Waals surface area contributed by atoms with Gasteiger partial charge in [-0.2, -0.15) is 0 Å². The zero-order valence-corrected chi connectivity index (χ0v) is 23.4. The number of aryl methyl sites for hydroxylation is 1. The number of aliphatic hydroxyl groups excluding tert-OH is 1. The number of hydrazine groups is 1. The van der Waals surface area contributed by atoms with Crippen molar-refractivity contribution in [3.05, 3.63) is 108 Å². The van der Waals surface area contributed by atoms with Gasteiger partial charge in [0.2, 0.25) is 5.91 Å². The molecule has 2 amide bonds. The lowest BCUT2D eigenvalue weighted by atomic mass is 10.00. The number of carbonyl (C=O) groups is 2. The smallest absolute Gasteiger partial charge is 0.258 e. The number of carbonyl (C=O) groups excluding carboxylic acids is 2. The van der Waals surface area contributed by atoms with Gasteiger partial charge in [-0.05, 0) is 63.1 Å². The Morgan fingerprint density at radius 3 is 1.82 bits per heavy atom. The summed E-state index contributed by atoms with van der Waals surface area (Å²) in [4.78, 5) is 29.1. The second-order valence-electron chi connectivity index (χ2n) is 11.3. The van der Waals surface area contributed by atoms with E-state index in [-0.39, 0.29) is 12.3 Å². The Hall–Kier alpha value is -3.32. The zero-order valence-electron chi connectivity index (χ0n) is 23.4. The van der Waals surface area contributed by atoms with Gasteiger partial charge in [-0.15, -0.1) is 0 Å². The van der Waals surface area contributed by atoms with Crippen LogP contribution in [-0.4, -0.2) is 56.1 Å². The topological polar surface area (TPSA) is 64.1 Å². The lowest BCUT2D eigenvalue weighted by Gasteiger charge is -2.41. The fourth-order valence-corrected chi connectivity index (χ4v) is 5.31. The Balaban J connectivity index is 1.55. The van der Waals surface area contributed by atoms with Crippen LogP contribution in [0.25, 0.3) is 0 Å². The Labute approximate surface area is 232 Å². The van der Waals surface area contributed by atoms with Crippen LogP contribution in [0.1, 0.15) is 56.7 Å². The summed E-state index contributed by atoms with van der Waals surface area (Å²) in [5, 5.41) is 15.3. The Kier molecular flexibility index (Phi) is 9.68. The van der Waals surface area contributed by atoms with E-state index in [4.69, 9.17) is 0 Å². The maximum absolute atomic E-state index is 14.2. The molecule has 0 saturated carbocycles. The molecule has 1 aliphatic rings. The molecule has 0 aromatic heterocycles. The van der Waals surface area contributed by atoms with Crippen molar-refractivity contribution in [2.45, 2.75) is 77.2 Å². The number of nitrogens with zero attached hydrogens (tertiary/aromatic N) is 3. The first kappa shape index (κ1) is 28.7. The summed E-state index contributed by atoms with van der Waals surface area (Å²) >= 11 is 0. The van der Waals surface area contributed by atoms with Gasteiger partial charge < -0.3 is 5.11 Å². The minimum Gasteiger partial charge on any atom is -0.383 e. The molecular weight excluding hydrogens is 486 g/mol. The summed E-state index contributed by atoms with van der Waals surface area (Å²) in [6.07, 6.45) is 1.12. The normalized spacial score (nSPS) is 16.8. The average molecular weight is 528 g/mol. The van der Waals surface area contributed by atoms with Crippen LogP contribution >= 0.6 is 0 Å². The van der Waals surface area contributed by atoms with Crippen LogP contribution < -0.4 is 0 Å². The summed E-state index contributed by atoms with van der Waals surface area (Å²) in [5.74, 6) is -0.761. The zero-order chi connectivity index (χ0) is 27.8. The highest BCUT2D eigenvalue weighted by molar-refractivity contribution is 6.00. The predicted octanol–water partition coefficient (Wildman–Crippen LogP) is 5.22. The van der Waals surface area contributed by atoms with Crippen LogP contribution in [0, 0.1) is 0 Å². The van der Waals surface area contributed by atoms with Crippen LogP contribution in [0.3, 0.4) is 0 Å². The van der Waals surface area contributed by atoms with E-state index >= 15 is 0 Å². The van der Waals surface area contributed by atoms with E-state index < -0.39 is 23.6 Å². The van der Waals surface area contributed by atoms with Gasteiger partial charge in [0, 0.05) is 25.2 Å². The largest absolute Gasteiger partial charge is 0.383 e. The van der Waals surface area contributed by atoms with E-state index in [0.29, 0.717) is 25.9 Å². The van der Waals surface area contributed by atoms with Gasteiger partial charge >= 0.3 is 0 Å². The van der Waals surface area contributed by atoms with Gasteiger partial charge in [-0.3, -0.25) is 14.5 Å². The molecule has 6 heteroatoms. The molecule has 1 saturated heterocycles. The van der Waals surface area contributed by atoms with E-state index in [1.165, 1.54) is 4.90 Å². The number of imide groups is 1. The Bertz CT molecular complexity index is 1150. The van der Waals surface area contributed by atoms with E-state index in [1.807, 2.05) is 87.5 Å². The van der Waals surface area contributed by atoms with Crippen LogP contribution in [0.4, 0.5) is 0 Å². The van der Waals surface area contributed by atoms with Crippen molar-refractivity contribution in [3.63, 3.8) is 0 Å². The highest BCUT2D eigenvalue weighted by Crippen LogP contribution is 2.28. The number of benzene rings is 3. The molecule has 1 heterocycles. The molecule has 3 aromatic rings. The first-order valence-electron chi connectivity index (χ1n) is 13.9. The fourth-order valence-electron chi connectivity index (χ4n) is 5.31. The minimum absolute atomic E-state index is 0.241. The van der Waals surface area contributed by atoms with Crippen molar-refractivity contribution in [2.75, 3.05) is 6.54 Å². The number of hydrogen-bond acceptors (Lipinski definition) is 5. The van der Waals surface area contributed by atoms with Gasteiger partial charge in [0.25, 0.3) is 5.91 Å². The molecule has 0 radical (unpaired) electrons. The third-order valence-corrected chi connectivity index (χ3v) is 7.23. The summed E-state index contributed by atoms with van der Waals surface area (Å²) in [7, 11) is 0. The molecular formula is C33H41N3O3. The fraction of sp³-hybridized carbons (Fsp3) is 0.394. The van der Waals surface area contributed by atoms with Crippen LogP contribution in [0.15, 0.2) is 91.0 Å². The number of amides is 2. The second-order valence-corrected chi connectivity index (χ2v) is 11.3. The highest BCUT2D eigenvalue weighted by atomic mass is 16.3. The summed E-state index contributed by atoms with van der Waals surface area (Å²) in [6, 6.07) is 29.8. The minimum atomic E-state index is -1.24. The maximum Gasteiger partial charge on any atom is 0.258 e. The Morgan fingerprint density at radius 2 is 1.33 bits per heavy atom. The van der Waals surface area contributed by atoms with Gasteiger partial charge in [0.05, 0.1) is 0 Å². The van der Waals surface area contributed by atoms with Crippen molar-refractivity contribution >= 4 is 11.8 Å². The van der Waals surface area contributed by atoms with Gasteiger partial charge in [0.1, 0.15) is 12.1 Å². The third-order valence-electron chi connectivity index (χ3n) is 7.23. The molecule has 1 fully saturated rings. The first-order chi connectivity index (χ1) is 18.7. The van der Waals surface area contributed by atoms with E-state index in [2.05, 4.69) is 34.3 Å². The lowest BCUT2D eigenvalue weighted by Crippen LogP contribution is -2.60. The monoisotopic (exact) mass is 527 g/mol. The number of aliphatic hydroxyl groups is 1. The van der Waals surface area contributed by atoms with Crippen molar-refractivity contribution in [3.8, 4) is 0 Å². The van der Waals surface area contributed by atoms with Crippen LogP contribution in [0.5, 0.6) is 0 Å². The van der Waals surface area contributed by atoms with E-state index in [9.17, 15) is 14.7 Å². The van der Waals surface area contributed by atoms with Gasteiger partial charge in [-0.25, -0.2) is 10.0 Å². The summed E-state index contributed by atoms with van der Waals surface area (Å²) in [6.45, 7) is 7.62. The summed E-state index contributed by atoms with van der Waals surface area (Å²) in [5.41, 5.74) is 2.61. The van der Waals surface area contributed by atoms with E-state index in [1.54, 1.807) is 0 Å². The Morgan fingerprint density at radius 1 is 0.846 bits per heavy atom. The first-order valence-corrected chi connectivity index (χ1v) is 13.9. The second kappa shape index (κ2) is 13.2. The molecule has 206 valence electrons. The SMILES string of the molecule is CC(C)(C)N(C(=O)C(O)CCc1ccccc1)C(=O)[C@@H]1CCCN1N(Cc1ccccc1)Cc1ccccc1. The molecule has 1 N–H and O–H groups in total. The predicted molar refractivity (Wildman–Crippen MR) is 154 cm³/mol. The molecule has 2 atom stereocenters. The van der Waals surface area contributed by atoms with Gasteiger partial charge in [0.15, 0.2) is 0 Å². The van der Waals surface area contributed by atoms with E-state index in [0.717, 1.165) is 29.7 Å². The molecule has 39 heavy (non-hydrogen) atoms. The molecule has 1 aliphatic heterocycles. The van der Waals surface area contributed by atoms with Crippen molar-refractivity contribution < 1.29 is 14.7 Å². The van der Waals surface area contributed by atoms with Crippen molar-refractivity contribution in [1.82, 2.24) is 14.9 Å². The van der Waals surface area contributed by atoms with Crippen molar-refractivity contribution in [1.29, 1.82) is 0 Å². The lowest BCUT2D eigenvalue weighted by molar-refractivity contribution is -0.164. The van der Waals surface area contributed by atoms with Crippen LogP contribution in [0.2, 0.25) is 0 Å². The average Bonchev–Trinajstić information content (AvgIpc) is 3.42. The third kappa shape index (κ3) is 7.63. The van der Waals surface area contributed by atoms with Crippen LogP contribution in [-0.2, 0) is 29.1 Å². The molecule has 0 spiro atoms. The highest BCUT2D eigenvalue weighted by Gasteiger charge is 2.43. The number of hydrogen-bond donors (Lipinski definition) is 1. The number of rotatable bonds is 10. The summed E-state index contributed by atoms with van der Waals surface area (Å²) < 4.78 is 0. The molecule has 0 bridgehead atoms. The molecule has 4 rings (SSSR count). The molecule has 0 aliphatic carbocycles.